The van der Waals surface area contributed by atoms with Gasteiger partial charge >= 0.3 is 5.82 Å². The molecule has 0 saturated carbocycles. The second kappa shape index (κ2) is 4.11. The van der Waals surface area contributed by atoms with Crippen molar-refractivity contribution in [1.29, 1.82) is 0 Å². The van der Waals surface area contributed by atoms with Crippen LogP contribution in [-0.4, -0.2) is 25.7 Å². The third kappa shape index (κ3) is 2.33. The van der Waals surface area contributed by atoms with Crippen LogP contribution >= 0.6 is 0 Å². The maximum atomic E-state index is 10.7. The Bertz CT molecular complexity index is 451. The zero-order valence-corrected chi connectivity index (χ0v) is 8.68. The van der Waals surface area contributed by atoms with E-state index >= 15 is 0 Å². The van der Waals surface area contributed by atoms with Crippen LogP contribution in [0, 0.1) is 28.9 Å². The molecule has 1 unspecified atom stereocenters. The van der Waals surface area contributed by atoms with Gasteiger partial charge in [0.2, 0.25) is 5.69 Å². The standard InChI is InChI=1S/C9H11N3O3/c1-6(13)4-5-8-9(12(14)15)11(3)7(2)10-8/h6,13H,1-3H3. The first-order valence-electron chi connectivity index (χ1n) is 4.30. The van der Waals surface area contributed by atoms with Crippen molar-refractivity contribution < 1.29 is 10.0 Å². The van der Waals surface area contributed by atoms with Gasteiger partial charge in [-0.3, -0.25) is 0 Å². The number of aromatic nitrogens is 2. The molecule has 0 spiro atoms. The number of imidazole rings is 1. The molecule has 0 radical (unpaired) electrons. The van der Waals surface area contributed by atoms with Crippen LogP contribution in [0.25, 0.3) is 0 Å². The van der Waals surface area contributed by atoms with Crippen molar-refractivity contribution in [3.05, 3.63) is 21.6 Å². The van der Waals surface area contributed by atoms with Crippen molar-refractivity contribution >= 4 is 5.82 Å². The lowest BCUT2D eigenvalue weighted by atomic mass is 10.3. The summed E-state index contributed by atoms with van der Waals surface area (Å²) in [6.45, 7) is 3.13. The molecule has 0 aliphatic heterocycles. The molecule has 15 heavy (non-hydrogen) atoms. The van der Waals surface area contributed by atoms with E-state index < -0.39 is 11.0 Å². The number of aliphatic hydroxyl groups excluding tert-OH is 1. The molecule has 6 heteroatoms. The Labute approximate surface area is 86.7 Å². The summed E-state index contributed by atoms with van der Waals surface area (Å²) in [5.74, 6) is 5.26. The van der Waals surface area contributed by atoms with Crippen LogP contribution in [0.2, 0.25) is 0 Å². The number of hydrogen-bond donors (Lipinski definition) is 1. The van der Waals surface area contributed by atoms with Gasteiger partial charge in [-0.2, -0.15) is 4.98 Å². The van der Waals surface area contributed by atoms with Gasteiger partial charge < -0.3 is 15.2 Å². The molecule has 1 N–H and O–H groups in total. The van der Waals surface area contributed by atoms with Crippen molar-refractivity contribution in [2.45, 2.75) is 20.0 Å². The lowest BCUT2D eigenvalue weighted by Crippen LogP contribution is -2.00. The molecule has 80 valence electrons. The molecule has 0 bridgehead atoms. The summed E-state index contributed by atoms with van der Waals surface area (Å²) >= 11 is 0. The second-order valence-corrected chi connectivity index (χ2v) is 3.09. The smallest absolute Gasteiger partial charge is 0.358 e. The van der Waals surface area contributed by atoms with E-state index in [0.29, 0.717) is 5.82 Å². The monoisotopic (exact) mass is 209 g/mol. The van der Waals surface area contributed by atoms with Gasteiger partial charge in [0.05, 0.1) is 7.05 Å². The van der Waals surface area contributed by atoms with E-state index in [1.807, 2.05) is 0 Å². The topological polar surface area (TPSA) is 81.2 Å². The van der Waals surface area contributed by atoms with Gasteiger partial charge in [0.25, 0.3) is 0 Å². The molecule has 1 aromatic heterocycles. The Hall–Kier alpha value is -1.87. The molecule has 1 heterocycles. The van der Waals surface area contributed by atoms with Crippen LogP contribution < -0.4 is 0 Å². The minimum Gasteiger partial charge on any atom is -0.381 e. The summed E-state index contributed by atoms with van der Waals surface area (Å²) in [7, 11) is 1.55. The SMILES string of the molecule is Cc1nc(C#CC(C)O)c([N+](=O)[O-])n1C. The number of hydrogen-bond acceptors (Lipinski definition) is 4. The molecule has 6 nitrogen and oxygen atoms in total. The van der Waals surface area contributed by atoms with Crippen molar-refractivity contribution in [2.24, 2.45) is 7.05 Å². The highest BCUT2D eigenvalue weighted by Gasteiger charge is 2.20. The van der Waals surface area contributed by atoms with E-state index in [1.165, 1.54) is 11.5 Å². The lowest BCUT2D eigenvalue weighted by molar-refractivity contribution is -0.392. The summed E-state index contributed by atoms with van der Waals surface area (Å²) in [6.07, 6.45) is -0.827. The molecule has 0 saturated heterocycles. The average molecular weight is 209 g/mol. The van der Waals surface area contributed by atoms with Gasteiger partial charge in [0, 0.05) is 6.92 Å². The van der Waals surface area contributed by atoms with Crippen LogP contribution in [0.3, 0.4) is 0 Å². The lowest BCUT2D eigenvalue weighted by Gasteiger charge is -1.94. The van der Waals surface area contributed by atoms with Crippen molar-refractivity contribution in [3.63, 3.8) is 0 Å². The molecular formula is C9H11N3O3. The maximum Gasteiger partial charge on any atom is 0.358 e. The fraction of sp³-hybridized carbons (Fsp3) is 0.444. The first-order valence-corrected chi connectivity index (χ1v) is 4.30. The molecule has 0 fully saturated rings. The van der Waals surface area contributed by atoms with Gasteiger partial charge in [-0.05, 0) is 17.8 Å². The van der Waals surface area contributed by atoms with Crippen LogP contribution in [0.15, 0.2) is 0 Å². The van der Waals surface area contributed by atoms with Crippen molar-refractivity contribution in [3.8, 4) is 11.8 Å². The summed E-state index contributed by atoms with van der Waals surface area (Å²) < 4.78 is 1.35. The summed E-state index contributed by atoms with van der Waals surface area (Å²) in [4.78, 5) is 14.1. The van der Waals surface area contributed by atoms with Gasteiger partial charge in [-0.25, -0.2) is 4.57 Å². The zero-order valence-electron chi connectivity index (χ0n) is 8.68. The molecule has 0 amide bonds. The van der Waals surface area contributed by atoms with E-state index in [0.717, 1.165) is 0 Å². The number of nitro groups is 1. The van der Waals surface area contributed by atoms with Crippen molar-refractivity contribution in [1.82, 2.24) is 9.55 Å². The molecular weight excluding hydrogens is 198 g/mol. The van der Waals surface area contributed by atoms with Crippen LogP contribution in [0.1, 0.15) is 18.4 Å². The molecule has 0 aliphatic rings. The quantitative estimate of drug-likeness (QED) is 0.411. The number of nitrogens with zero attached hydrogens (tertiary/aromatic N) is 3. The summed E-state index contributed by atoms with van der Waals surface area (Å²) in [5.41, 5.74) is 0.0842. The van der Waals surface area contributed by atoms with E-state index in [4.69, 9.17) is 5.11 Å². The third-order valence-electron chi connectivity index (χ3n) is 1.86. The molecule has 1 rings (SSSR count). The van der Waals surface area contributed by atoms with Crippen LogP contribution in [0.4, 0.5) is 5.82 Å². The highest BCUT2D eigenvalue weighted by atomic mass is 16.6. The predicted molar refractivity (Wildman–Crippen MR) is 53.2 cm³/mol. The van der Waals surface area contributed by atoms with Crippen LogP contribution in [0.5, 0.6) is 0 Å². The second-order valence-electron chi connectivity index (χ2n) is 3.09. The van der Waals surface area contributed by atoms with Gasteiger partial charge in [0.1, 0.15) is 6.10 Å². The van der Waals surface area contributed by atoms with E-state index in [2.05, 4.69) is 16.8 Å². The molecule has 0 aliphatic carbocycles. The van der Waals surface area contributed by atoms with E-state index in [-0.39, 0.29) is 11.5 Å². The fourth-order valence-electron chi connectivity index (χ4n) is 1.06. The van der Waals surface area contributed by atoms with E-state index in [9.17, 15) is 10.1 Å². The molecule has 1 atom stereocenters. The van der Waals surface area contributed by atoms with Gasteiger partial charge in [-0.1, -0.05) is 5.92 Å². The van der Waals surface area contributed by atoms with Gasteiger partial charge in [-0.15, -0.1) is 0 Å². The Kier molecular flexibility index (Phi) is 3.07. The van der Waals surface area contributed by atoms with Gasteiger partial charge in [0.15, 0.2) is 5.82 Å². The maximum absolute atomic E-state index is 10.7. The largest absolute Gasteiger partial charge is 0.381 e. The molecule has 1 aromatic rings. The Morgan fingerprint density at radius 3 is 2.73 bits per heavy atom. The minimum atomic E-state index is -0.827. The average Bonchev–Trinajstić information content (AvgIpc) is 2.39. The first-order chi connectivity index (χ1) is 6.93. The number of rotatable bonds is 1. The third-order valence-corrected chi connectivity index (χ3v) is 1.86. The van der Waals surface area contributed by atoms with E-state index in [1.54, 1.807) is 14.0 Å². The number of aliphatic hydroxyl groups is 1. The highest BCUT2D eigenvalue weighted by Crippen LogP contribution is 2.17. The molecule has 0 aromatic carbocycles. The van der Waals surface area contributed by atoms with Crippen molar-refractivity contribution in [2.75, 3.05) is 0 Å². The number of aryl methyl sites for hydroxylation is 1. The Morgan fingerprint density at radius 1 is 1.67 bits per heavy atom. The zero-order chi connectivity index (χ0) is 11.6. The first kappa shape index (κ1) is 11.2. The predicted octanol–water partition coefficient (Wildman–Crippen LogP) is 0.369. The fourth-order valence-corrected chi connectivity index (χ4v) is 1.06. The summed E-state index contributed by atoms with van der Waals surface area (Å²) in [6, 6.07) is 0. The van der Waals surface area contributed by atoms with Crippen LogP contribution in [-0.2, 0) is 7.05 Å². The normalized spacial score (nSPS) is 11.7. The minimum absolute atomic E-state index is 0.0842. The Balaban J connectivity index is 3.26. The highest BCUT2D eigenvalue weighted by molar-refractivity contribution is 5.43. The summed E-state index contributed by atoms with van der Waals surface area (Å²) in [5, 5.41) is 19.7. The Morgan fingerprint density at radius 2 is 2.27 bits per heavy atom.